The molecule has 0 spiro atoms. The van der Waals surface area contributed by atoms with Gasteiger partial charge in [0.15, 0.2) is 5.78 Å². The van der Waals surface area contributed by atoms with Gasteiger partial charge in [-0.2, -0.15) is 0 Å². The Morgan fingerprint density at radius 3 is 2.31 bits per heavy atom. The van der Waals surface area contributed by atoms with Gasteiger partial charge in [-0.05, 0) is 18.8 Å². The molecule has 5 heteroatoms. The molecule has 0 aliphatic rings. The summed E-state index contributed by atoms with van der Waals surface area (Å²) in [5.74, 6) is 4.33. The van der Waals surface area contributed by atoms with E-state index in [1.54, 1.807) is 0 Å². The first-order valence-corrected chi connectivity index (χ1v) is 5.76. The van der Waals surface area contributed by atoms with Crippen molar-refractivity contribution in [2.24, 2.45) is 17.5 Å². The number of nitrogens with two attached hydrogens (primary N) is 2. The Balaban J connectivity index is 3.76. The quantitative estimate of drug-likeness (QED) is 0.226. The van der Waals surface area contributed by atoms with Crippen molar-refractivity contribution < 1.29 is 9.59 Å². The van der Waals surface area contributed by atoms with E-state index >= 15 is 0 Å². The molecule has 0 saturated carbocycles. The van der Waals surface area contributed by atoms with Crippen LogP contribution in [0.1, 0.15) is 39.5 Å². The molecule has 0 aliphatic carbocycles. The van der Waals surface area contributed by atoms with Crippen LogP contribution in [-0.4, -0.2) is 24.2 Å². The average Bonchev–Trinajstić information content (AvgIpc) is 2.26. The van der Waals surface area contributed by atoms with Crippen molar-refractivity contribution in [3.63, 3.8) is 0 Å². The SMILES string of the molecule is CC(C)[C@H](N)C(=O)C(=O)CCCCCNN. The molecular weight excluding hydrogens is 206 g/mol. The number of unbranched alkanes of at least 4 members (excludes halogenated alkanes) is 2. The van der Waals surface area contributed by atoms with Crippen molar-refractivity contribution >= 4 is 11.6 Å². The molecular formula is C11H23N3O2. The second-order valence-electron chi connectivity index (χ2n) is 4.32. The predicted molar refractivity (Wildman–Crippen MR) is 63.5 cm³/mol. The smallest absolute Gasteiger partial charge is 0.215 e. The number of hydrogen-bond donors (Lipinski definition) is 3. The van der Waals surface area contributed by atoms with E-state index in [2.05, 4.69) is 5.43 Å². The fraction of sp³-hybridized carbons (Fsp3) is 0.818. The van der Waals surface area contributed by atoms with Gasteiger partial charge in [0, 0.05) is 13.0 Å². The Labute approximate surface area is 96.9 Å². The maximum absolute atomic E-state index is 11.5. The third-order valence-corrected chi connectivity index (χ3v) is 2.52. The fourth-order valence-electron chi connectivity index (χ4n) is 1.30. The van der Waals surface area contributed by atoms with Gasteiger partial charge in [0.2, 0.25) is 5.78 Å². The van der Waals surface area contributed by atoms with Gasteiger partial charge in [0.05, 0.1) is 6.04 Å². The monoisotopic (exact) mass is 229 g/mol. The number of rotatable bonds is 9. The molecule has 1 atom stereocenters. The molecule has 16 heavy (non-hydrogen) atoms. The molecule has 0 aromatic carbocycles. The van der Waals surface area contributed by atoms with Crippen LogP contribution < -0.4 is 17.0 Å². The van der Waals surface area contributed by atoms with E-state index < -0.39 is 11.8 Å². The molecule has 0 aromatic rings. The van der Waals surface area contributed by atoms with E-state index in [0.29, 0.717) is 6.42 Å². The lowest BCUT2D eigenvalue weighted by Crippen LogP contribution is -2.40. The maximum atomic E-state index is 11.5. The van der Waals surface area contributed by atoms with E-state index in [1.165, 1.54) is 0 Å². The Morgan fingerprint density at radius 2 is 1.81 bits per heavy atom. The Kier molecular flexibility index (Phi) is 7.97. The minimum atomic E-state index is -0.654. The van der Waals surface area contributed by atoms with E-state index in [4.69, 9.17) is 11.6 Å². The van der Waals surface area contributed by atoms with E-state index in [9.17, 15) is 9.59 Å². The number of Topliss-reactive ketones (excluding diaryl/α,β-unsaturated/α-hetero) is 2. The van der Waals surface area contributed by atoms with Crippen LogP contribution in [-0.2, 0) is 9.59 Å². The standard InChI is InChI=1S/C11H23N3O2/c1-8(2)10(12)11(16)9(15)6-4-3-5-7-14-13/h8,10,14H,3-7,12-13H2,1-2H3/t10-/m0/s1. The van der Waals surface area contributed by atoms with Crippen LogP contribution in [0.2, 0.25) is 0 Å². The highest BCUT2D eigenvalue weighted by atomic mass is 16.2. The van der Waals surface area contributed by atoms with Crippen LogP contribution in [0.25, 0.3) is 0 Å². The topological polar surface area (TPSA) is 98.2 Å². The summed E-state index contributed by atoms with van der Waals surface area (Å²) < 4.78 is 0. The summed E-state index contributed by atoms with van der Waals surface area (Å²) in [5.41, 5.74) is 8.16. The molecule has 5 N–H and O–H groups in total. The summed E-state index contributed by atoms with van der Waals surface area (Å²) in [6.07, 6.45) is 2.81. The van der Waals surface area contributed by atoms with Crippen LogP contribution in [0, 0.1) is 5.92 Å². The van der Waals surface area contributed by atoms with Crippen LogP contribution >= 0.6 is 0 Å². The fourth-order valence-corrected chi connectivity index (χ4v) is 1.30. The van der Waals surface area contributed by atoms with Crippen molar-refractivity contribution in [1.29, 1.82) is 0 Å². The summed E-state index contributed by atoms with van der Waals surface area (Å²) in [5, 5.41) is 0. The minimum Gasteiger partial charge on any atom is -0.321 e. The molecule has 0 amide bonds. The van der Waals surface area contributed by atoms with Crippen molar-refractivity contribution in [1.82, 2.24) is 5.43 Å². The lowest BCUT2D eigenvalue weighted by atomic mass is 9.96. The number of carbonyl (C=O) groups is 2. The molecule has 94 valence electrons. The predicted octanol–water partition coefficient (Wildman–Crippen LogP) is 0.132. The second-order valence-corrected chi connectivity index (χ2v) is 4.32. The zero-order chi connectivity index (χ0) is 12.6. The number of hydrogen-bond acceptors (Lipinski definition) is 5. The molecule has 0 aliphatic heterocycles. The van der Waals surface area contributed by atoms with Crippen LogP contribution in [0.3, 0.4) is 0 Å². The molecule has 0 saturated heterocycles. The Bertz CT molecular complexity index is 229. The van der Waals surface area contributed by atoms with Gasteiger partial charge in [0.1, 0.15) is 0 Å². The van der Waals surface area contributed by atoms with E-state index in [-0.39, 0.29) is 11.7 Å². The van der Waals surface area contributed by atoms with Crippen molar-refractivity contribution in [3.05, 3.63) is 0 Å². The summed E-state index contributed by atoms with van der Waals surface area (Å²) in [6.45, 7) is 4.40. The maximum Gasteiger partial charge on any atom is 0.215 e. The zero-order valence-corrected chi connectivity index (χ0v) is 10.2. The normalized spacial score (nSPS) is 12.8. The molecule has 0 fully saturated rings. The number of carbonyl (C=O) groups excluding carboxylic acids is 2. The number of ketones is 2. The summed E-state index contributed by atoms with van der Waals surface area (Å²) >= 11 is 0. The Morgan fingerprint density at radius 1 is 1.19 bits per heavy atom. The van der Waals surface area contributed by atoms with Crippen molar-refractivity contribution in [3.8, 4) is 0 Å². The third-order valence-electron chi connectivity index (χ3n) is 2.52. The number of nitrogens with one attached hydrogen (secondary N) is 1. The van der Waals surface area contributed by atoms with Crippen molar-refractivity contribution in [2.75, 3.05) is 6.54 Å². The first kappa shape index (κ1) is 15.2. The first-order valence-electron chi connectivity index (χ1n) is 5.76. The largest absolute Gasteiger partial charge is 0.321 e. The van der Waals surface area contributed by atoms with Gasteiger partial charge in [-0.3, -0.25) is 20.9 Å². The highest BCUT2D eigenvalue weighted by Gasteiger charge is 2.23. The zero-order valence-electron chi connectivity index (χ0n) is 10.2. The average molecular weight is 229 g/mol. The van der Waals surface area contributed by atoms with E-state index in [0.717, 1.165) is 25.8 Å². The third kappa shape index (κ3) is 5.95. The van der Waals surface area contributed by atoms with Crippen LogP contribution in [0.15, 0.2) is 0 Å². The van der Waals surface area contributed by atoms with Gasteiger partial charge >= 0.3 is 0 Å². The molecule has 0 bridgehead atoms. The lowest BCUT2D eigenvalue weighted by molar-refractivity contribution is -0.137. The van der Waals surface area contributed by atoms with E-state index in [1.807, 2.05) is 13.8 Å². The summed E-state index contributed by atoms with van der Waals surface area (Å²) in [7, 11) is 0. The minimum absolute atomic E-state index is 0.0119. The molecule has 0 unspecified atom stereocenters. The molecule has 5 nitrogen and oxygen atoms in total. The van der Waals surface area contributed by atoms with Crippen molar-refractivity contribution in [2.45, 2.75) is 45.6 Å². The van der Waals surface area contributed by atoms with Gasteiger partial charge in [-0.25, -0.2) is 0 Å². The molecule has 0 rings (SSSR count). The highest BCUT2D eigenvalue weighted by Crippen LogP contribution is 2.05. The first-order chi connectivity index (χ1) is 7.50. The highest BCUT2D eigenvalue weighted by molar-refractivity contribution is 6.39. The molecule has 0 radical (unpaired) electrons. The van der Waals surface area contributed by atoms with Crippen LogP contribution in [0.4, 0.5) is 0 Å². The van der Waals surface area contributed by atoms with Crippen LogP contribution in [0.5, 0.6) is 0 Å². The number of hydrazine groups is 1. The lowest BCUT2D eigenvalue weighted by Gasteiger charge is -2.12. The van der Waals surface area contributed by atoms with Gasteiger partial charge in [-0.1, -0.05) is 20.3 Å². The van der Waals surface area contributed by atoms with Gasteiger partial charge in [-0.15, -0.1) is 0 Å². The summed E-state index contributed by atoms with van der Waals surface area (Å²) in [6, 6.07) is -0.654. The molecule has 0 aromatic heterocycles. The van der Waals surface area contributed by atoms with Gasteiger partial charge < -0.3 is 5.73 Å². The molecule has 0 heterocycles. The van der Waals surface area contributed by atoms with Gasteiger partial charge in [0.25, 0.3) is 0 Å². The Hall–Kier alpha value is -0.780. The summed E-state index contributed by atoms with van der Waals surface area (Å²) in [4.78, 5) is 22.9. The second kappa shape index (κ2) is 8.38.